The Kier molecular flexibility index (Phi) is 4.63. The van der Waals surface area contributed by atoms with Crippen molar-refractivity contribution < 1.29 is 0 Å². The molecular weight excluding hydrogens is 500 g/mol. The van der Waals surface area contributed by atoms with Crippen LogP contribution >= 0.6 is 11.3 Å². The lowest BCUT2D eigenvalue weighted by Crippen LogP contribution is -2.24. The fourth-order valence-electron chi connectivity index (χ4n) is 5.66. The smallest absolute Gasteiger partial charge is 0.174 e. The van der Waals surface area contributed by atoms with Crippen molar-refractivity contribution in [2.45, 2.75) is 19.3 Å². The third-order valence-corrected chi connectivity index (χ3v) is 9.03. The minimum atomic E-state index is -0.236. The topological polar surface area (TPSA) is 69.4 Å². The molecule has 0 bridgehead atoms. The van der Waals surface area contributed by atoms with Gasteiger partial charge in [-0.25, -0.2) is 15.0 Å². The van der Waals surface area contributed by atoms with Crippen molar-refractivity contribution in [2.24, 2.45) is 0 Å². The van der Waals surface area contributed by atoms with Gasteiger partial charge in [-0.2, -0.15) is 0 Å². The Balaban J connectivity index is 1.40. The Morgan fingerprint density at radius 3 is 2.03 bits per heavy atom. The van der Waals surface area contributed by atoms with Crippen LogP contribution in [0, 0.1) is 0 Å². The van der Waals surface area contributed by atoms with Gasteiger partial charge in [-0.15, -0.1) is 11.3 Å². The molecule has 2 aromatic carbocycles. The summed E-state index contributed by atoms with van der Waals surface area (Å²) < 4.78 is 2.36. The Bertz CT molecular complexity index is 1980. The lowest BCUT2D eigenvalue weighted by atomic mass is 9.80. The first-order valence-electron chi connectivity index (χ1n) is 12.8. The maximum absolute atomic E-state index is 5.00. The van der Waals surface area contributed by atoms with Gasteiger partial charge >= 0.3 is 0 Å². The van der Waals surface area contributed by atoms with Gasteiger partial charge in [0, 0.05) is 62.5 Å². The predicted octanol–water partition coefficient (Wildman–Crippen LogP) is 7.46. The molecule has 6 heterocycles. The molecule has 1 aliphatic rings. The summed E-state index contributed by atoms with van der Waals surface area (Å²) in [5.74, 6) is 2.00. The average molecular weight is 523 g/mol. The third-order valence-electron chi connectivity index (χ3n) is 7.58. The van der Waals surface area contributed by atoms with E-state index in [4.69, 9.17) is 15.0 Å². The van der Waals surface area contributed by atoms with E-state index < -0.39 is 0 Å². The molecule has 7 heteroatoms. The molecule has 0 saturated carbocycles. The van der Waals surface area contributed by atoms with Gasteiger partial charge in [0.05, 0.1) is 21.6 Å². The van der Waals surface area contributed by atoms with E-state index >= 15 is 0 Å². The van der Waals surface area contributed by atoms with Crippen LogP contribution in [0.5, 0.6) is 0 Å². The molecule has 0 radical (unpaired) electrons. The zero-order valence-corrected chi connectivity index (χ0v) is 22.1. The van der Waals surface area contributed by atoms with Crippen molar-refractivity contribution in [3.05, 3.63) is 108 Å². The molecular formula is C32H22N6S. The summed E-state index contributed by atoms with van der Waals surface area (Å²) in [6.07, 6.45) is 7.76. The number of thiophene rings is 1. The zero-order chi connectivity index (χ0) is 26.1. The van der Waals surface area contributed by atoms with E-state index in [9.17, 15) is 0 Å². The van der Waals surface area contributed by atoms with Crippen molar-refractivity contribution in [2.75, 3.05) is 0 Å². The molecule has 0 saturated heterocycles. The molecule has 0 fully saturated rings. The van der Waals surface area contributed by atoms with E-state index in [1.165, 1.54) is 16.0 Å². The normalized spacial score (nSPS) is 13.6. The lowest BCUT2D eigenvalue weighted by molar-refractivity contribution is 0.642. The molecule has 8 rings (SSSR count). The molecule has 1 aliphatic heterocycles. The first kappa shape index (κ1) is 22.3. The van der Waals surface area contributed by atoms with Gasteiger partial charge in [0.15, 0.2) is 17.5 Å². The second kappa shape index (κ2) is 8.12. The van der Waals surface area contributed by atoms with E-state index in [0.29, 0.717) is 17.5 Å². The number of hydrogen-bond donors (Lipinski definition) is 0. The quantitative estimate of drug-likeness (QED) is 0.241. The summed E-state index contributed by atoms with van der Waals surface area (Å²) in [7, 11) is 0. The molecule has 0 aliphatic carbocycles. The van der Waals surface area contributed by atoms with Crippen LogP contribution < -0.4 is 0 Å². The average Bonchev–Trinajstić information content (AvgIpc) is 3.58. The Morgan fingerprint density at radius 1 is 0.692 bits per heavy atom. The minimum absolute atomic E-state index is 0.236. The van der Waals surface area contributed by atoms with Gasteiger partial charge in [0.25, 0.3) is 0 Å². The minimum Gasteiger partial charge on any atom is -0.308 e. The van der Waals surface area contributed by atoms with Gasteiger partial charge in [-0.3, -0.25) is 9.97 Å². The highest BCUT2D eigenvalue weighted by atomic mass is 32.1. The van der Waals surface area contributed by atoms with Gasteiger partial charge in [-0.05, 0) is 12.1 Å². The highest BCUT2D eigenvalue weighted by Gasteiger charge is 2.38. The van der Waals surface area contributed by atoms with E-state index in [-0.39, 0.29) is 5.41 Å². The Hall–Kier alpha value is -4.75. The largest absolute Gasteiger partial charge is 0.308 e. The maximum atomic E-state index is 5.00. The summed E-state index contributed by atoms with van der Waals surface area (Å²) in [6.45, 7) is 4.56. The number of rotatable bonds is 3. The number of aromatic nitrogens is 6. The first-order valence-corrected chi connectivity index (χ1v) is 13.7. The van der Waals surface area contributed by atoms with Crippen molar-refractivity contribution in [1.29, 1.82) is 0 Å². The van der Waals surface area contributed by atoms with Crippen LogP contribution in [0.2, 0.25) is 0 Å². The van der Waals surface area contributed by atoms with Crippen LogP contribution in [0.1, 0.15) is 24.3 Å². The number of fused-ring (bicyclic) bond motifs is 5. The highest BCUT2D eigenvalue weighted by molar-refractivity contribution is 7.16. The summed E-state index contributed by atoms with van der Waals surface area (Å²) in [6, 6.07) is 24.5. The van der Waals surface area contributed by atoms with Gasteiger partial charge in [0.2, 0.25) is 0 Å². The molecule has 6 nitrogen and oxygen atoms in total. The highest BCUT2D eigenvalue weighted by Crippen LogP contribution is 2.51. The van der Waals surface area contributed by atoms with Gasteiger partial charge in [0.1, 0.15) is 0 Å². The molecule has 5 aromatic heterocycles. The third kappa shape index (κ3) is 3.23. The number of hydrogen-bond acceptors (Lipinski definition) is 6. The standard InChI is InChI=1S/C32H22N6S/c1-32(2)23-18-34-17-22-21-16-33-14-13-24(21)38(27(22)23)25-15-26(39-28(25)32)31-36-29(19-9-5-3-6-10-19)35-30(37-31)20-11-7-4-8-12-20/h3-18H,1-2H3. The van der Waals surface area contributed by atoms with Crippen molar-refractivity contribution in [3.8, 4) is 39.2 Å². The van der Waals surface area contributed by atoms with Gasteiger partial charge < -0.3 is 4.57 Å². The SMILES string of the molecule is CC1(C)c2sc(-c3nc(-c4ccccc4)nc(-c4ccccc4)n3)cc2-n2c3ccncc3c3cncc1c32. The van der Waals surface area contributed by atoms with Crippen molar-refractivity contribution >= 4 is 33.1 Å². The summed E-state index contributed by atoms with van der Waals surface area (Å²) >= 11 is 1.75. The fourth-order valence-corrected chi connectivity index (χ4v) is 6.85. The van der Waals surface area contributed by atoms with E-state index in [0.717, 1.165) is 38.0 Å². The van der Waals surface area contributed by atoms with E-state index in [2.05, 4.69) is 40.5 Å². The lowest BCUT2D eigenvalue weighted by Gasteiger charge is -2.31. The molecule has 7 aromatic rings. The first-order chi connectivity index (χ1) is 19.1. The Morgan fingerprint density at radius 2 is 1.33 bits per heavy atom. The van der Waals surface area contributed by atoms with Crippen molar-refractivity contribution in [1.82, 2.24) is 29.5 Å². The molecule has 0 N–H and O–H groups in total. The molecule has 0 atom stereocenters. The van der Waals surface area contributed by atoms with E-state index in [1.54, 1.807) is 11.3 Å². The molecule has 0 amide bonds. The van der Waals surface area contributed by atoms with Crippen LogP contribution in [0.25, 0.3) is 61.0 Å². The second-order valence-corrected chi connectivity index (χ2v) is 11.4. The molecule has 0 spiro atoms. The second-order valence-electron chi connectivity index (χ2n) is 10.3. The van der Waals surface area contributed by atoms with Crippen LogP contribution in [-0.4, -0.2) is 29.5 Å². The number of pyridine rings is 2. The van der Waals surface area contributed by atoms with E-state index in [1.807, 2.05) is 85.5 Å². The summed E-state index contributed by atoms with van der Waals surface area (Å²) in [5, 5.41) is 2.23. The number of nitrogens with zero attached hydrogens (tertiary/aromatic N) is 6. The molecule has 186 valence electrons. The zero-order valence-electron chi connectivity index (χ0n) is 21.3. The van der Waals surface area contributed by atoms with Crippen LogP contribution in [-0.2, 0) is 5.41 Å². The molecule has 0 unspecified atom stereocenters. The van der Waals surface area contributed by atoms with Crippen molar-refractivity contribution in [3.63, 3.8) is 0 Å². The fraction of sp³-hybridized carbons (Fsp3) is 0.0938. The predicted molar refractivity (Wildman–Crippen MR) is 156 cm³/mol. The number of benzene rings is 2. The monoisotopic (exact) mass is 522 g/mol. The summed E-state index contributed by atoms with van der Waals surface area (Å²) in [5.41, 5.74) is 6.38. The van der Waals surface area contributed by atoms with Crippen LogP contribution in [0.3, 0.4) is 0 Å². The maximum Gasteiger partial charge on any atom is 0.174 e. The van der Waals surface area contributed by atoms with Crippen LogP contribution in [0.15, 0.2) is 97.6 Å². The summed E-state index contributed by atoms with van der Waals surface area (Å²) in [4.78, 5) is 26.2. The van der Waals surface area contributed by atoms with Gasteiger partial charge in [-0.1, -0.05) is 74.5 Å². The van der Waals surface area contributed by atoms with Crippen LogP contribution in [0.4, 0.5) is 0 Å². The Labute approximate surface area is 228 Å². The molecule has 39 heavy (non-hydrogen) atoms.